The number of amides is 1. The molecule has 1 aromatic carbocycles. The van der Waals surface area contributed by atoms with Gasteiger partial charge in [0.2, 0.25) is 11.6 Å². The van der Waals surface area contributed by atoms with E-state index in [1.165, 1.54) is 6.33 Å². The molecule has 1 aliphatic heterocycles. The summed E-state index contributed by atoms with van der Waals surface area (Å²) in [5.41, 5.74) is 5.05. The van der Waals surface area contributed by atoms with Crippen LogP contribution in [0.2, 0.25) is 0 Å². The molecule has 0 saturated carbocycles. The Morgan fingerprint density at radius 2 is 1.90 bits per heavy atom. The molecule has 0 radical (unpaired) electrons. The first-order valence-corrected chi connectivity index (χ1v) is 9.68. The van der Waals surface area contributed by atoms with E-state index >= 15 is 0 Å². The van der Waals surface area contributed by atoms with Gasteiger partial charge in [-0.15, -0.1) is 0 Å². The fourth-order valence-electron chi connectivity index (χ4n) is 2.97. The highest BCUT2D eigenvalue weighted by Gasteiger charge is 2.29. The van der Waals surface area contributed by atoms with Gasteiger partial charge < -0.3 is 10.0 Å². The Labute approximate surface area is 175 Å². The lowest BCUT2D eigenvalue weighted by molar-refractivity contribution is -0.383. The maximum absolute atomic E-state index is 12.3. The molecule has 1 aliphatic rings. The zero-order chi connectivity index (χ0) is 20.8. The predicted octanol–water partition coefficient (Wildman–Crippen LogP) is 1.02. The second-order valence-corrected chi connectivity index (χ2v) is 7.21. The average Bonchev–Trinajstić information content (AvgIpc) is 2.73. The summed E-state index contributed by atoms with van der Waals surface area (Å²) in [6.07, 6.45) is 1.22. The van der Waals surface area contributed by atoms with E-state index in [1.807, 2.05) is 0 Å². The Hall–Kier alpha value is -2.83. The number of nitro groups is 1. The summed E-state index contributed by atoms with van der Waals surface area (Å²) < 4.78 is 0.831. The highest BCUT2D eigenvalue weighted by Crippen LogP contribution is 2.31. The first-order chi connectivity index (χ1) is 14.0. The van der Waals surface area contributed by atoms with Gasteiger partial charge in [-0.25, -0.2) is 9.97 Å². The topological polar surface area (TPSA) is 137 Å². The van der Waals surface area contributed by atoms with Crippen LogP contribution in [0.15, 0.2) is 35.1 Å². The molecule has 1 saturated heterocycles. The number of nitrogens with one attached hydrogen (secondary N) is 2. The molecule has 0 aliphatic carbocycles. The van der Waals surface area contributed by atoms with Gasteiger partial charge in [0.25, 0.3) is 5.91 Å². The van der Waals surface area contributed by atoms with E-state index in [0.717, 1.165) is 4.47 Å². The van der Waals surface area contributed by atoms with Gasteiger partial charge in [0.1, 0.15) is 6.33 Å². The van der Waals surface area contributed by atoms with Gasteiger partial charge in [-0.2, -0.15) is 0 Å². The Kier molecular flexibility index (Phi) is 6.90. The van der Waals surface area contributed by atoms with Crippen molar-refractivity contribution < 1.29 is 14.8 Å². The van der Waals surface area contributed by atoms with Crippen molar-refractivity contribution in [1.82, 2.24) is 20.3 Å². The van der Waals surface area contributed by atoms with Crippen molar-refractivity contribution in [2.75, 3.05) is 49.7 Å². The van der Waals surface area contributed by atoms with E-state index in [9.17, 15) is 14.9 Å². The summed E-state index contributed by atoms with van der Waals surface area (Å²) in [5.74, 6) is -0.359. The Morgan fingerprint density at radius 3 is 2.52 bits per heavy atom. The Bertz CT molecular complexity index is 873. The monoisotopic (exact) mass is 465 g/mol. The third kappa shape index (κ3) is 5.16. The summed E-state index contributed by atoms with van der Waals surface area (Å²) in [6.45, 7) is 3.01. The SMILES string of the molecule is O=C(NNc1ncnc(N2CCN(CCO)CC2)c1[N+](=O)[O-])c1ccc(Br)cc1. The van der Waals surface area contributed by atoms with Gasteiger partial charge >= 0.3 is 5.69 Å². The third-order valence-corrected chi connectivity index (χ3v) is 5.00. The molecule has 11 nitrogen and oxygen atoms in total. The van der Waals surface area contributed by atoms with Crippen LogP contribution in [-0.2, 0) is 0 Å². The molecule has 2 heterocycles. The van der Waals surface area contributed by atoms with Crippen LogP contribution in [0.1, 0.15) is 10.4 Å². The minimum absolute atomic E-state index is 0.0692. The second-order valence-electron chi connectivity index (χ2n) is 6.29. The van der Waals surface area contributed by atoms with E-state index < -0.39 is 10.8 Å². The van der Waals surface area contributed by atoms with Gasteiger partial charge in [-0.05, 0) is 24.3 Å². The maximum Gasteiger partial charge on any atom is 0.355 e. The van der Waals surface area contributed by atoms with Crippen molar-refractivity contribution >= 4 is 39.2 Å². The first-order valence-electron chi connectivity index (χ1n) is 8.89. The maximum atomic E-state index is 12.3. The number of hydrazine groups is 1. The van der Waals surface area contributed by atoms with Crippen LogP contribution < -0.4 is 15.8 Å². The quantitative estimate of drug-likeness (QED) is 0.404. The van der Waals surface area contributed by atoms with Crippen molar-refractivity contribution in [3.8, 4) is 0 Å². The van der Waals surface area contributed by atoms with Gasteiger partial charge in [0.05, 0.1) is 11.5 Å². The van der Waals surface area contributed by atoms with Gasteiger partial charge in [0, 0.05) is 42.8 Å². The number of β-amino-alcohol motifs (C(OH)–C–C–N with tert-alkyl or cyclic N) is 1. The molecule has 1 amide bonds. The second kappa shape index (κ2) is 9.58. The lowest BCUT2D eigenvalue weighted by atomic mass is 10.2. The summed E-state index contributed by atoms with van der Waals surface area (Å²) in [4.78, 5) is 35.3. The Balaban J connectivity index is 1.74. The number of rotatable bonds is 7. The van der Waals surface area contributed by atoms with Crippen molar-refractivity contribution in [2.45, 2.75) is 0 Å². The van der Waals surface area contributed by atoms with Crippen molar-refractivity contribution in [1.29, 1.82) is 0 Å². The molecular formula is C17H20BrN7O4. The molecule has 0 unspecified atom stereocenters. The molecule has 1 fully saturated rings. The minimum Gasteiger partial charge on any atom is -0.395 e. The largest absolute Gasteiger partial charge is 0.395 e. The summed E-state index contributed by atoms with van der Waals surface area (Å²) in [5, 5.41) is 20.7. The van der Waals surface area contributed by atoms with E-state index in [1.54, 1.807) is 29.2 Å². The zero-order valence-corrected chi connectivity index (χ0v) is 17.0. The molecule has 29 heavy (non-hydrogen) atoms. The van der Waals surface area contributed by atoms with Crippen LogP contribution in [0.3, 0.4) is 0 Å². The number of aliphatic hydroxyl groups is 1. The summed E-state index contributed by atoms with van der Waals surface area (Å²) >= 11 is 3.29. The van der Waals surface area contributed by atoms with Gasteiger partial charge in [-0.1, -0.05) is 15.9 Å². The van der Waals surface area contributed by atoms with Crippen LogP contribution in [0.25, 0.3) is 0 Å². The standard InChI is InChI=1S/C17H20BrN7O4/c18-13-3-1-12(2-4-13)17(27)22-21-15-14(25(28)29)16(20-11-19-15)24-7-5-23(6-8-24)9-10-26/h1-4,11,26H,5-10H2,(H,22,27)(H,19,20,21). The molecule has 154 valence electrons. The summed E-state index contributed by atoms with van der Waals surface area (Å²) in [7, 11) is 0. The van der Waals surface area contributed by atoms with Crippen molar-refractivity contribution in [3.63, 3.8) is 0 Å². The number of hydrogen-bond acceptors (Lipinski definition) is 9. The number of halogens is 1. The molecule has 3 rings (SSSR count). The lowest BCUT2D eigenvalue weighted by Gasteiger charge is -2.34. The highest BCUT2D eigenvalue weighted by atomic mass is 79.9. The van der Waals surface area contributed by atoms with Crippen LogP contribution >= 0.6 is 15.9 Å². The number of aromatic nitrogens is 2. The highest BCUT2D eigenvalue weighted by molar-refractivity contribution is 9.10. The first kappa shape index (κ1) is 20.9. The normalized spacial score (nSPS) is 14.5. The molecule has 3 N–H and O–H groups in total. The van der Waals surface area contributed by atoms with Crippen molar-refractivity contribution in [3.05, 3.63) is 50.7 Å². The van der Waals surface area contributed by atoms with E-state index in [0.29, 0.717) is 38.3 Å². The molecule has 2 aromatic rings. The molecule has 0 spiro atoms. The van der Waals surface area contributed by atoms with Gasteiger partial charge in [-0.3, -0.25) is 30.7 Å². The molecule has 12 heteroatoms. The number of piperazine rings is 1. The Morgan fingerprint density at radius 1 is 1.21 bits per heavy atom. The number of aliphatic hydroxyl groups excluding tert-OH is 1. The van der Waals surface area contributed by atoms with Crippen LogP contribution in [0.5, 0.6) is 0 Å². The molecule has 0 atom stereocenters. The molecular weight excluding hydrogens is 446 g/mol. The van der Waals surface area contributed by atoms with E-state index in [2.05, 4.69) is 41.6 Å². The fourth-order valence-corrected chi connectivity index (χ4v) is 3.24. The zero-order valence-electron chi connectivity index (χ0n) is 15.4. The number of anilines is 2. The third-order valence-electron chi connectivity index (χ3n) is 4.47. The molecule has 1 aromatic heterocycles. The van der Waals surface area contributed by atoms with Crippen LogP contribution in [0, 0.1) is 10.1 Å². The minimum atomic E-state index is -0.566. The number of nitrogens with zero attached hydrogens (tertiary/aromatic N) is 5. The number of carbonyl (C=O) groups is 1. The van der Waals surface area contributed by atoms with Crippen LogP contribution in [0.4, 0.5) is 17.3 Å². The van der Waals surface area contributed by atoms with Gasteiger partial charge in [0.15, 0.2) is 0 Å². The average molecular weight is 466 g/mol. The smallest absolute Gasteiger partial charge is 0.355 e. The van der Waals surface area contributed by atoms with E-state index in [-0.39, 0.29) is 23.9 Å². The number of benzene rings is 1. The van der Waals surface area contributed by atoms with Crippen LogP contribution in [-0.4, -0.2) is 70.1 Å². The fraction of sp³-hybridized carbons (Fsp3) is 0.353. The lowest BCUT2D eigenvalue weighted by Crippen LogP contribution is -2.47. The number of hydrogen-bond donors (Lipinski definition) is 3. The van der Waals surface area contributed by atoms with E-state index in [4.69, 9.17) is 5.11 Å². The number of carbonyl (C=O) groups excluding carboxylic acids is 1. The summed E-state index contributed by atoms with van der Waals surface area (Å²) in [6, 6.07) is 6.67. The predicted molar refractivity (Wildman–Crippen MR) is 110 cm³/mol. The molecule has 0 bridgehead atoms. The van der Waals surface area contributed by atoms with Crippen molar-refractivity contribution in [2.24, 2.45) is 0 Å².